The number of nitro benzene ring substituents is 1. The van der Waals surface area contributed by atoms with Crippen LogP contribution < -0.4 is 10.1 Å². The summed E-state index contributed by atoms with van der Waals surface area (Å²) < 4.78 is 7.79. The van der Waals surface area contributed by atoms with Crippen molar-refractivity contribution in [1.29, 1.82) is 0 Å². The molecule has 5 nitrogen and oxygen atoms in total. The number of hydrogen-bond donors (Lipinski definition) is 1. The van der Waals surface area contributed by atoms with E-state index in [-0.39, 0.29) is 5.69 Å². The van der Waals surface area contributed by atoms with Gasteiger partial charge >= 0.3 is 0 Å². The fourth-order valence-corrected chi connectivity index (χ4v) is 4.10. The first-order valence-electron chi connectivity index (χ1n) is 8.26. The summed E-state index contributed by atoms with van der Waals surface area (Å²) in [5.74, 6) is 0.729. The van der Waals surface area contributed by atoms with Crippen LogP contribution in [-0.4, -0.2) is 4.92 Å². The fraction of sp³-hybridized carbons (Fsp3) is 0.100. The number of rotatable bonds is 7. The Labute approximate surface area is 184 Å². The molecule has 3 aromatic rings. The van der Waals surface area contributed by atoms with E-state index in [1.807, 2.05) is 36.4 Å². The monoisotopic (exact) mass is 524 g/mol. The first-order chi connectivity index (χ1) is 13.4. The number of non-ortho nitro benzene ring substituents is 1. The Balaban J connectivity index is 1.74. The van der Waals surface area contributed by atoms with Crippen LogP contribution in [0.1, 0.15) is 11.1 Å². The summed E-state index contributed by atoms with van der Waals surface area (Å²) in [4.78, 5) is 10.4. The Morgan fingerprint density at radius 3 is 2.36 bits per heavy atom. The van der Waals surface area contributed by atoms with Crippen molar-refractivity contribution in [2.24, 2.45) is 0 Å². The van der Waals surface area contributed by atoms with Crippen molar-refractivity contribution in [3.05, 3.63) is 95.9 Å². The lowest BCUT2D eigenvalue weighted by Gasteiger charge is -2.15. The van der Waals surface area contributed by atoms with Gasteiger partial charge in [-0.1, -0.05) is 39.7 Å². The summed E-state index contributed by atoms with van der Waals surface area (Å²) in [6.45, 7) is 0.897. The summed E-state index contributed by atoms with van der Waals surface area (Å²) in [5, 5.41) is 14.7. The molecule has 0 aliphatic rings. The number of nitrogens with zero attached hydrogens (tertiary/aromatic N) is 1. The van der Waals surface area contributed by atoms with E-state index in [0.29, 0.717) is 18.2 Å². The second-order valence-electron chi connectivity index (χ2n) is 5.95. The molecule has 0 fully saturated rings. The predicted molar refractivity (Wildman–Crippen MR) is 118 cm³/mol. The van der Waals surface area contributed by atoms with Crippen LogP contribution in [-0.2, 0) is 13.2 Å². The minimum absolute atomic E-state index is 0.0581. The van der Waals surface area contributed by atoms with Crippen molar-refractivity contribution < 1.29 is 9.66 Å². The van der Waals surface area contributed by atoms with Crippen LogP contribution in [0.15, 0.2) is 69.6 Å². The number of halogens is 3. The number of ether oxygens (including phenoxy) is 1. The van der Waals surface area contributed by atoms with Crippen LogP contribution in [0, 0.1) is 10.1 Å². The van der Waals surface area contributed by atoms with Gasteiger partial charge in [0.15, 0.2) is 0 Å². The summed E-state index contributed by atoms with van der Waals surface area (Å²) in [5.41, 5.74) is 2.79. The van der Waals surface area contributed by atoms with Gasteiger partial charge in [0.05, 0.1) is 9.40 Å². The van der Waals surface area contributed by atoms with Crippen molar-refractivity contribution in [2.75, 3.05) is 5.32 Å². The van der Waals surface area contributed by atoms with Crippen LogP contribution in [0.2, 0.25) is 5.02 Å². The van der Waals surface area contributed by atoms with E-state index in [1.165, 1.54) is 12.1 Å². The van der Waals surface area contributed by atoms with Crippen LogP contribution in [0.5, 0.6) is 5.75 Å². The highest BCUT2D eigenvalue weighted by atomic mass is 79.9. The third kappa shape index (κ3) is 5.47. The average Bonchev–Trinajstić information content (AvgIpc) is 2.67. The lowest BCUT2D eigenvalue weighted by Crippen LogP contribution is -2.05. The van der Waals surface area contributed by atoms with Crippen molar-refractivity contribution in [2.45, 2.75) is 13.2 Å². The molecule has 0 aromatic heterocycles. The maximum atomic E-state index is 10.8. The number of nitro groups is 1. The highest BCUT2D eigenvalue weighted by Gasteiger charge is 2.12. The Kier molecular flexibility index (Phi) is 6.93. The maximum absolute atomic E-state index is 10.8. The SMILES string of the molecule is O=[N+]([O-])c1ccc(NCc2cc(Br)cc(Br)c2OCc2ccc(Cl)cc2)cc1. The molecule has 0 aliphatic carbocycles. The third-order valence-electron chi connectivity index (χ3n) is 3.94. The second-order valence-corrected chi connectivity index (χ2v) is 8.15. The molecule has 0 saturated carbocycles. The zero-order valence-corrected chi connectivity index (χ0v) is 18.4. The standard InChI is InChI=1S/C20H15Br2ClN2O3/c21-15-9-14(11-24-17-5-7-18(8-6-17)25(26)27)20(19(22)10-15)28-12-13-1-3-16(23)4-2-13/h1-10,24H,11-12H2. The molecule has 0 atom stereocenters. The van der Waals surface area contributed by atoms with E-state index in [1.54, 1.807) is 12.1 Å². The second kappa shape index (κ2) is 9.41. The molecule has 144 valence electrons. The van der Waals surface area contributed by atoms with E-state index >= 15 is 0 Å². The molecule has 3 rings (SSSR count). The lowest BCUT2D eigenvalue weighted by molar-refractivity contribution is -0.384. The first-order valence-corrected chi connectivity index (χ1v) is 10.2. The van der Waals surface area contributed by atoms with E-state index in [4.69, 9.17) is 16.3 Å². The predicted octanol–water partition coefficient (Wildman–Crippen LogP) is 6.96. The number of hydrogen-bond acceptors (Lipinski definition) is 4. The van der Waals surface area contributed by atoms with Crippen molar-refractivity contribution in [1.82, 2.24) is 0 Å². The molecule has 28 heavy (non-hydrogen) atoms. The van der Waals surface area contributed by atoms with Gasteiger partial charge < -0.3 is 10.1 Å². The molecule has 0 radical (unpaired) electrons. The first kappa shape index (κ1) is 20.6. The van der Waals surface area contributed by atoms with Crippen molar-refractivity contribution >= 4 is 54.8 Å². The topological polar surface area (TPSA) is 64.4 Å². The molecule has 3 aromatic carbocycles. The molecular weight excluding hydrogens is 511 g/mol. The van der Waals surface area contributed by atoms with Gasteiger partial charge in [-0.2, -0.15) is 0 Å². The molecule has 0 saturated heterocycles. The lowest BCUT2D eigenvalue weighted by atomic mass is 10.2. The number of nitrogens with one attached hydrogen (secondary N) is 1. The van der Waals surface area contributed by atoms with Gasteiger partial charge in [-0.05, 0) is 57.9 Å². The maximum Gasteiger partial charge on any atom is 0.269 e. The Bertz CT molecular complexity index is 980. The summed E-state index contributed by atoms with van der Waals surface area (Å²) in [6, 6.07) is 17.7. The van der Waals surface area contributed by atoms with Crippen LogP contribution in [0.4, 0.5) is 11.4 Å². The minimum atomic E-state index is -0.419. The van der Waals surface area contributed by atoms with Crippen LogP contribution >= 0.6 is 43.5 Å². The van der Waals surface area contributed by atoms with E-state index < -0.39 is 4.92 Å². The molecule has 8 heteroatoms. The molecule has 0 amide bonds. The quantitative estimate of drug-likeness (QED) is 0.267. The van der Waals surface area contributed by atoms with Crippen molar-refractivity contribution in [3.8, 4) is 5.75 Å². The highest BCUT2D eigenvalue weighted by molar-refractivity contribution is 9.11. The molecule has 0 bridgehead atoms. The zero-order chi connectivity index (χ0) is 20.1. The van der Waals surface area contributed by atoms with Gasteiger partial charge in [-0.3, -0.25) is 10.1 Å². The largest absolute Gasteiger partial charge is 0.487 e. The van der Waals surface area contributed by atoms with Crippen molar-refractivity contribution in [3.63, 3.8) is 0 Å². The molecular formula is C20H15Br2ClN2O3. The molecule has 1 N–H and O–H groups in total. The Hall–Kier alpha value is -2.09. The molecule has 0 aliphatic heterocycles. The number of anilines is 1. The normalized spacial score (nSPS) is 10.5. The molecule has 0 heterocycles. The summed E-state index contributed by atoms with van der Waals surface area (Å²) in [6.07, 6.45) is 0. The van der Waals surface area contributed by atoms with Gasteiger partial charge in [-0.25, -0.2) is 0 Å². The van der Waals surface area contributed by atoms with Gasteiger partial charge in [0, 0.05) is 39.4 Å². The Morgan fingerprint density at radius 1 is 1.04 bits per heavy atom. The Morgan fingerprint density at radius 2 is 1.71 bits per heavy atom. The number of benzene rings is 3. The summed E-state index contributed by atoms with van der Waals surface area (Å²) >= 11 is 13.0. The third-order valence-corrected chi connectivity index (χ3v) is 5.24. The van der Waals surface area contributed by atoms with Crippen LogP contribution in [0.25, 0.3) is 0 Å². The van der Waals surface area contributed by atoms with E-state index in [9.17, 15) is 10.1 Å². The molecule has 0 unspecified atom stereocenters. The van der Waals surface area contributed by atoms with E-state index in [0.717, 1.165) is 31.5 Å². The highest BCUT2D eigenvalue weighted by Crippen LogP contribution is 2.34. The fourth-order valence-electron chi connectivity index (χ4n) is 2.54. The van der Waals surface area contributed by atoms with Gasteiger partial charge in [-0.15, -0.1) is 0 Å². The minimum Gasteiger partial charge on any atom is -0.487 e. The van der Waals surface area contributed by atoms with Crippen LogP contribution in [0.3, 0.4) is 0 Å². The summed E-state index contributed by atoms with van der Waals surface area (Å²) in [7, 11) is 0. The van der Waals surface area contributed by atoms with Gasteiger partial charge in [0.2, 0.25) is 0 Å². The van der Waals surface area contributed by atoms with E-state index in [2.05, 4.69) is 37.2 Å². The average molecular weight is 527 g/mol. The van der Waals surface area contributed by atoms with Gasteiger partial charge in [0.25, 0.3) is 5.69 Å². The van der Waals surface area contributed by atoms with Gasteiger partial charge in [0.1, 0.15) is 12.4 Å². The smallest absolute Gasteiger partial charge is 0.269 e. The zero-order valence-electron chi connectivity index (χ0n) is 14.5. The molecule has 0 spiro atoms.